The topological polar surface area (TPSA) is 44.8 Å². The highest BCUT2D eigenvalue weighted by atomic mass is 31.2. The molecular formula is C27H40O4P2. The number of hydrogen-bond donors (Lipinski definition) is 0. The molecule has 0 unspecified atom stereocenters. The van der Waals surface area contributed by atoms with E-state index in [0.717, 1.165) is 33.7 Å². The molecule has 4 nitrogen and oxygen atoms in total. The van der Waals surface area contributed by atoms with Crippen LogP contribution in [0.1, 0.15) is 62.3 Å². The predicted molar refractivity (Wildman–Crippen MR) is 143 cm³/mol. The summed E-state index contributed by atoms with van der Waals surface area (Å²) in [5.41, 5.74) is 1.60. The molecule has 1 aliphatic rings. The van der Waals surface area contributed by atoms with Gasteiger partial charge in [0.2, 0.25) is 0 Å². The van der Waals surface area contributed by atoms with Crippen LogP contribution in [0.4, 0.5) is 0 Å². The normalized spacial score (nSPS) is 19.1. The van der Waals surface area contributed by atoms with Crippen LogP contribution >= 0.6 is 15.1 Å². The molecule has 2 aromatic rings. The molecule has 0 fully saturated rings. The minimum atomic E-state index is -2.87. The molecule has 182 valence electrons. The quantitative estimate of drug-likeness (QED) is 0.409. The molecule has 0 saturated carbocycles. The van der Waals surface area contributed by atoms with Crippen LogP contribution in [0.25, 0.3) is 11.1 Å². The lowest BCUT2D eigenvalue weighted by molar-refractivity contribution is 0.341. The summed E-state index contributed by atoms with van der Waals surface area (Å²) in [5, 5.41) is 0.238. The van der Waals surface area contributed by atoms with Crippen LogP contribution in [0, 0.1) is 0 Å². The fourth-order valence-electron chi connectivity index (χ4n) is 5.03. The molecule has 0 bridgehead atoms. The van der Waals surface area contributed by atoms with E-state index in [-0.39, 0.29) is 10.7 Å². The van der Waals surface area contributed by atoms with Crippen LogP contribution in [0.2, 0.25) is 0 Å². The summed E-state index contributed by atoms with van der Waals surface area (Å²) in [7, 11) is -0.470. The average Bonchev–Trinajstić information content (AvgIpc) is 3.11. The van der Waals surface area contributed by atoms with E-state index in [1.54, 1.807) is 14.2 Å². The van der Waals surface area contributed by atoms with Crippen LogP contribution in [0.5, 0.6) is 17.2 Å². The molecule has 33 heavy (non-hydrogen) atoms. The van der Waals surface area contributed by atoms with Crippen LogP contribution in [-0.4, -0.2) is 35.3 Å². The second kappa shape index (κ2) is 8.62. The van der Waals surface area contributed by atoms with Gasteiger partial charge in [-0.25, -0.2) is 0 Å². The van der Waals surface area contributed by atoms with Crippen LogP contribution in [0.15, 0.2) is 36.4 Å². The second-order valence-corrected chi connectivity index (χ2v) is 19.5. The standard InChI is InChI=1S/C27H40O4P2/c1-25(2,3)32-23-18(22-19(29-10)15-13-16-20(22)30-11)14-12-17-21(23)31-24(32)33(28,26(4,5)6)27(7,8)9/h12-17,24H,1-11H3/t24-,32+/m1/s1. The molecule has 2 atom stereocenters. The zero-order valence-corrected chi connectivity index (χ0v) is 23.9. The first-order valence-corrected chi connectivity index (χ1v) is 14.7. The highest BCUT2D eigenvalue weighted by molar-refractivity contribution is 7.84. The highest BCUT2D eigenvalue weighted by Gasteiger charge is 2.60. The molecule has 1 aliphatic heterocycles. The Bertz CT molecular complexity index is 1030. The third-order valence-corrected chi connectivity index (χ3v) is 15.7. The Balaban J connectivity index is 2.37. The van der Waals surface area contributed by atoms with Gasteiger partial charge in [0.1, 0.15) is 24.4 Å². The van der Waals surface area contributed by atoms with Crippen molar-refractivity contribution in [3.63, 3.8) is 0 Å². The molecule has 0 amide bonds. The molecule has 0 N–H and O–H groups in total. The van der Waals surface area contributed by atoms with Crippen molar-refractivity contribution >= 4 is 20.4 Å². The van der Waals surface area contributed by atoms with Crippen LogP contribution in [-0.2, 0) is 4.57 Å². The van der Waals surface area contributed by atoms with Crippen molar-refractivity contribution in [2.24, 2.45) is 0 Å². The number of ether oxygens (including phenoxy) is 3. The number of hydrogen-bond acceptors (Lipinski definition) is 4. The molecular weight excluding hydrogens is 450 g/mol. The Morgan fingerprint density at radius 2 is 1.30 bits per heavy atom. The SMILES string of the molecule is COc1cccc(OC)c1-c1cccc2c1[P@](C(C)(C)C)[C@H](P(=O)(C(C)(C)C)C(C)(C)C)O2. The predicted octanol–water partition coefficient (Wildman–Crippen LogP) is 7.91. The first-order chi connectivity index (χ1) is 15.1. The smallest absolute Gasteiger partial charge is 0.174 e. The lowest BCUT2D eigenvalue weighted by Crippen LogP contribution is -2.38. The first-order valence-electron chi connectivity index (χ1n) is 11.5. The van der Waals surface area contributed by atoms with Gasteiger partial charge >= 0.3 is 0 Å². The van der Waals surface area contributed by atoms with E-state index >= 15 is 4.57 Å². The Morgan fingerprint density at radius 3 is 1.73 bits per heavy atom. The van der Waals surface area contributed by atoms with Gasteiger partial charge in [0.25, 0.3) is 0 Å². The minimum Gasteiger partial charge on any atom is -0.496 e. The van der Waals surface area contributed by atoms with E-state index in [1.165, 1.54) is 0 Å². The van der Waals surface area contributed by atoms with Gasteiger partial charge in [-0.15, -0.1) is 0 Å². The molecule has 0 aliphatic carbocycles. The molecule has 6 heteroatoms. The van der Waals surface area contributed by atoms with Gasteiger partial charge in [0, 0.05) is 21.2 Å². The zero-order valence-electron chi connectivity index (χ0n) is 22.1. The highest BCUT2D eigenvalue weighted by Crippen LogP contribution is 2.80. The fourth-order valence-corrected chi connectivity index (χ4v) is 16.0. The van der Waals surface area contributed by atoms with Crippen molar-refractivity contribution in [1.82, 2.24) is 0 Å². The lowest BCUT2D eigenvalue weighted by atomic mass is 10.0. The summed E-state index contributed by atoms with van der Waals surface area (Å²) in [4.78, 5) is 0. The van der Waals surface area contributed by atoms with Crippen molar-refractivity contribution < 1.29 is 18.8 Å². The van der Waals surface area contributed by atoms with Gasteiger partial charge in [0.05, 0.1) is 19.8 Å². The van der Waals surface area contributed by atoms with Crippen molar-refractivity contribution in [3.8, 4) is 28.4 Å². The van der Waals surface area contributed by atoms with E-state index in [0.29, 0.717) is 0 Å². The maximum Gasteiger partial charge on any atom is 0.174 e. The lowest BCUT2D eigenvalue weighted by Gasteiger charge is -2.47. The largest absolute Gasteiger partial charge is 0.496 e. The Labute approximate surface area is 201 Å². The summed E-state index contributed by atoms with van der Waals surface area (Å²) in [6, 6.07) is 12.0. The van der Waals surface area contributed by atoms with Gasteiger partial charge in [-0.05, 0) is 31.3 Å². The van der Waals surface area contributed by atoms with Crippen LogP contribution in [0.3, 0.4) is 0 Å². The minimum absolute atomic E-state index is 0.122. The van der Waals surface area contributed by atoms with E-state index in [9.17, 15) is 0 Å². The molecule has 0 aromatic heterocycles. The second-order valence-electron chi connectivity index (χ2n) is 11.7. The van der Waals surface area contributed by atoms with E-state index < -0.39 is 25.4 Å². The number of methoxy groups -OCH3 is 2. The third-order valence-electron chi connectivity index (χ3n) is 6.42. The number of fused-ring (bicyclic) bond motifs is 1. The Kier molecular flexibility index (Phi) is 6.82. The summed E-state index contributed by atoms with van der Waals surface area (Å²) in [6.07, 6.45) is 0. The first kappa shape index (κ1) is 26.1. The van der Waals surface area contributed by atoms with E-state index in [1.807, 2.05) is 30.3 Å². The van der Waals surface area contributed by atoms with E-state index in [4.69, 9.17) is 14.2 Å². The average molecular weight is 491 g/mol. The maximum atomic E-state index is 15.1. The maximum absolute atomic E-state index is 15.1. The number of benzene rings is 2. The molecule has 0 radical (unpaired) electrons. The van der Waals surface area contributed by atoms with Gasteiger partial charge in [-0.3, -0.25) is 0 Å². The summed E-state index contributed by atoms with van der Waals surface area (Å²) in [6.45, 7) is 19.4. The summed E-state index contributed by atoms with van der Waals surface area (Å²) < 4.78 is 33.4. The van der Waals surface area contributed by atoms with Crippen molar-refractivity contribution in [2.45, 2.75) is 83.4 Å². The Hall–Kier alpha value is -1.50. The van der Waals surface area contributed by atoms with Crippen LogP contribution < -0.4 is 19.5 Å². The number of rotatable bonds is 4. The zero-order chi connectivity index (χ0) is 25.0. The van der Waals surface area contributed by atoms with E-state index in [2.05, 4.69) is 68.4 Å². The monoisotopic (exact) mass is 490 g/mol. The van der Waals surface area contributed by atoms with Gasteiger partial charge in [-0.2, -0.15) is 0 Å². The van der Waals surface area contributed by atoms with Gasteiger partial charge in [0.15, 0.2) is 5.59 Å². The molecule has 0 saturated heterocycles. The van der Waals surface area contributed by atoms with Crippen molar-refractivity contribution in [1.29, 1.82) is 0 Å². The third kappa shape index (κ3) is 4.23. The van der Waals surface area contributed by atoms with Crippen molar-refractivity contribution in [2.75, 3.05) is 14.2 Å². The Morgan fingerprint density at radius 1 is 0.818 bits per heavy atom. The van der Waals surface area contributed by atoms with Crippen molar-refractivity contribution in [3.05, 3.63) is 36.4 Å². The fraction of sp³-hybridized carbons (Fsp3) is 0.556. The molecule has 3 rings (SSSR count). The molecule has 1 heterocycles. The van der Waals surface area contributed by atoms with Gasteiger partial charge < -0.3 is 18.8 Å². The molecule has 0 spiro atoms. The summed E-state index contributed by atoms with van der Waals surface area (Å²) >= 11 is 0. The molecule has 2 aromatic carbocycles. The summed E-state index contributed by atoms with van der Waals surface area (Å²) in [5.74, 6) is 2.34. The van der Waals surface area contributed by atoms with Gasteiger partial charge in [-0.1, -0.05) is 80.5 Å².